The Bertz CT molecular complexity index is 1390. The third kappa shape index (κ3) is 4.05. The molecule has 172 valence electrons. The van der Waals surface area contributed by atoms with Crippen molar-refractivity contribution in [3.8, 4) is 0 Å². The van der Waals surface area contributed by atoms with E-state index in [1.54, 1.807) is 51.1 Å². The molecule has 3 aromatic rings. The van der Waals surface area contributed by atoms with Crippen molar-refractivity contribution < 1.29 is 27.9 Å². The SMILES string of the molecule is CCOC(=O)C1=C(N)n2c(s/c(=C\c3ccco3)c2=O)=C(C(=O)OC(C)C)[C@H]1c1ccco1. The van der Waals surface area contributed by atoms with Crippen LogP contribution in [0, 0.1) is 0 Å². The van der Waals surface area contributed by atoms with Gasteiger partial charge in [-0.1, -0.05) is 0 Å². The molecule has 0 fully saturated rings. The summed E-state index contributed by atoms with van der Waals surface area (Å²) in [5, 5.41) is 0. The van der Waals surface area contributed by atoms with Gasteiger partial charge in [0.15, 0.2) is 0 Å². The van der Waals surface area contributed by atoms with Gasteiger partial charge in [0.2, 0.25) is 0 Å². The van der Waals surface area contributed by atoms with E-state index in [2.05, 4.69) is 0 Å². The highest BCUT2D eigenvalue weighted by atomic mass is 32.1. The summed E-state index contributed by atoms with van der Waals surface area (Å²) in [7, 11) is 0. The molecule has 0 unspecified atom stereocenters. The van der Waals surface area contributed by atoms with Crippen LogP contribution in [0.3, 0.4) is 0 Å². The molecule has 1 aliphatic heterocycles. The fourth-order valence-corrected chi connectivity index (χ4v) is 4.72. The van der Waals surface area contributed by atoms with Crippen molar-refractivity contribution in [3.63, 3.8) is 0 Å². The monoisotopic (exact) mass is 470 g/mol. The first-order chi connectivity index (χ1) is 15.8. The molecule has 0 amide bonds. The summed E-state index contributed by atoms with van der Waals surface area (Å²) >= 11 is 1.04. The quantitative estimate of drug-likeness (QED) is 0.537. The Labute approximate surface area is 192 Å². The molecular weight excluding hydrogens is 448 g/mol. The smallest absolute Gasteiger partial charge is 0.338 e. The van der Waals surface area contributed by atoms with E-state index < -0.39 is 29.5 Å². The van der Waals surface area contributed by atoms with Gasteiger partial charge in [0.25, 0.3) is 5.56 Å². The molecule has 9 nitrogen and oxygen atoms in total. The number of hydrogen-bond acceptors (Lipinski definition) is 9. The maximum absolute atomic E-state index is 13.3. The second-order valence-electron chi connectivity index (χ2n) is 7.41. The van der Waals surface area contributed by atoms with E-state index >= 15 is 0 Å². The van der Waals surface area contributed by atoms with Crippen molar-refractivity contribution in [2.24, 2.45) is 5.73 Å². The maximum Gasteiger partial charge on any atom is 0.338 e. The van der Waals surface area contributed by atoms with Crippen molar-refractivity contribution in [1.82, 2.24) is 4.57 Å². The largest absolute Gasteiger partial charge is 0.468 e. The van der Waals surface area contributed by atoms with E-state index in [4.69, 9.17) is 24.0 Å². The van der Waals surface area contributed by atoms with E-state index in [0.717, 1.165) is 15.9 Å². The molecule has 0 bridgehead atoms. The Kier molecular flexibility index (Phi) is 6.10. The van der Waals surface area contributed by atoms with E-state index in [1.165, 1.54) is 12.5 Å². The van der Waals surface area contributed by atoms with Crippen LogP contribution in [0.25, 0.3) is 17.5 Å². The fraction of sp³-hybridized carbons (Fsp3) is 0.261. The van der Waals surface area contributed by atoms with E-state index in [0.29, 0.717) is 11.5 Å². The summed E-state index contributed by atoms with van der Waals surface area (Å²) in [6, 6.07) is 6.63. The van der Waals surface area contributed by atoms with Crippen LogP contribution in [0.15, 0.2) is 56.0 Å². The highest BCUT2D eigenvalue weighted by Crippen LogP contribution is 2.38. The number of furan rings is 2. The molecular formula is C23H22N2O7S. The van der Waals surface area contributed by atoms with Gasteiger partial charge in [-0.3, -0.25) is 9.36 Å². The lowest BCUT2D eigenvalue weighted by molar-refractivity contribution is -0.140. The summed E-state index contributed by atoms with van der Waals surface area (Å²) in [6.45, 7) is 5.14. The van der Waals surface area contributed by atoms with Gasteiger partial charge in [0.05, 0.1) is 46.8 Å². The molecule has 0 aliphatic carbocycles. The lowest BCUT2D eigenvalue weighted by atomic mass is 9.87. The third-order valence-corrected chi connectivity index (χ3v) is 5.96. The molecule has 4 heterocycles. The normalized spacial score (nSPS) is 16.3. The number of thiazole rings is 1. The molecule has 3 aromatic heterocycles. The Hall–Kier alpha value is -3.79. The number of rotatable bonds is 6. The summed E-state index contributed by atoms with van der Waals surface area (Å²) in [4.78, 5) is 39.6. The van der Waals surface area contributed by atoms with Crippen LogP contribution in [-0.2, 0) is 19.1 Å². The summed E-state index contributed by atoms with van der Waals surface area (Å²) < 4.78 is 23.2. The number of aromatic nitrogens is 1. The lowest BCUT2D eigenvalue weighted by Crippen LogP contribution is -2.42. The molecule has 0 aromatic carbocycles. The van der Waals surface area contributed by atoms with Crippen LogP contribution in [0.1, 0.15) is 38.2 Å². The van der Waals surface area contributed by atoms with Crippen molar-refractivity contribution in [2.45, 2.75) is 32.8 Å². The molecule has 1 atom stereocenters. The average Bonchev–Trinajstić information content (AvgIpc) is 3.50. The van der Waals surface area contributed by atoms with E-state index in [1.807, 2.05) is 0 Å². The zero-order valence-corrected chi connectivity index (χ0v) is 19.0. The summed E-state index contributed by atoms with van der Waals surface area (Å²) in [5.41, 5.74) is 5.87. The Morgan fingerprint density at radius 3 is 2.52 bits per heavy atom. The minimum absolute atomic E-state index is 0.0668. The number of hydrogen-bond donors (Lipinski definition) is 1. The van der Waals surface area contributed by atoms with Gasteiger partial charge in [-0.2, -0.15) is 0 Å². The molecule has 33 heavy (non-hydrogen) atoms. The zero-order chi connectivity index (χ0) is 23.7. The standard InChI is InChI=1S/C23H22N2O7S/c1-4-29-22(27)17-16(14-8-6-10-31-14)18(23(28)32-12(2)3)21-25(19(17)24)20(26)15(33-21)11-13-7-5-9-30-13/h5-12,16H,4,24H2,1-3H3/b15-11-/t16-/m0/s1. The number of nitrogens with two attached hydrogens (primary N) is 1. The molecule has 0 spiro atoms. The molecule has 0 saturated heterocycles. The second kappa shape index (κ2) is 8.99. The number of esters is 2. The number of nitrogens with zero attached hydrogens (tertiary/aromatic N) is 1. The molecule has 0 radical (unpaired) electrons. The highest BCUT2D eigenvalue weighted by Gasteiger charge is 2.41. The molecule has 4 rings (SSSR count). The van der Waals surface area contributed by atoms with Crippen LogP contribution in [0.4, 0.5) is 0 Å². The number of carbonyl (C=O) groups is 2. The number of carbonyl (C=O) groups excluding carboxylic acids is 2. The van der Waals surface area contributed by atoms with Crippen molar-refractivity contribution in [3.05, 3.63) is 73.4 Å². The predicted molar refractivity (Wildman–Crippen MR) is 120 cm³/mol. The van der Waals surface area contributed by atoms with Crippen LogP contribution < -0.4 is 20.5 Å². The van der Waals surface area contributed by atoms with Crippen molar-refractivity contribution in [1.29, 1.82) is 0 Å². The first-order valence-electron chi connectivity index (χ1n) is 10.3. The molecule has 1 aliphatic rings. The highest BCUT2D eigenvalue weighted by molar-refractivity contribution is 7.07. The molecule has 2 N–H and O–H groups in total. The van der Waals surface area contributed by atoms with Gasteiger partial charge in [0, 0.05) is 6.08 Å². The fourth-order valence-electron chi connectivity index (χ4n) is 3.57. The zero-order valence-electron chi connectivity index (χ0n) is 18.2. The molecule has 10 heteroatoms. The number of fused-ring (bicyclic) bond motifs is 1. The van der Waals surface area contributed by atoms with E-state index in [9.17, 15) is 14.4 Å². The van der Waals surface area contributed by atoms with Gasteiger partial charge < -0.3 is 24.0 Å². The van der Waals surface area contributed by atoms with Crippen LogP contribution in [0.5, 0.6) is 0 Å². The van der Waals surface area contributed by atoms with E-state index in [-0.39, 0.29) is 32.8 Å². The van der Waals surface area contributed by atoms with Crippen molar-refractivity contribution >= 4 is 40.7 Å². The van der Waals surface area contributed by atoms with Gasteiger partial charge in [-0.15, -0.1) is 11.3 Å². The summed E-state index contributed by atoms with van der Waals surface area (Å²) in [5.74, 6) is -1.85. The Morgan fingerprint density at radius 2 is 1.91 bits per heavy atom. The minimum Gasteiger partial charge on any atom is -0.468 e. The molecule has 0 saturated carbocycles. The third-order valence-electron chi connectivity index (χ3n) is 4.85. The second-order valence-corrected chi connectivity index (χ2v) is 8.44. The van der Waals surface area contributed by atoms with Gasteiger partial charge >= 0.3 is 11.9 Å². The maximum atomic E-state index is 13.3. The summed E-state index contributed by atoms with van der Waals surface area (Å²) in [6.07, 6.45) is 4.01. The first kappa shape index (κ1) is 22.4. The first-order valence-corrected chi connectivity index (χ1v) is 11.1. The van der Waals surface area contributed by atoms with Crippen LogP contribution in [0.2, 0.25) is 0 Å². The lowest BCUT2D eigenvalue weighted by Gasteiger charge is -2.25. The number of ether oxygens (including phenoxy) is 2. The Morgan fingerprint density at radius 1 is 1.18 bits per heavy atom. The van der Waals surface area contributed by atoms with Gasteiger partial charge in [-0.05, 0) is 45.0 Å². The minimum atomic E-state index is -1.01. The van der Waals surface area contributed by atoms with Crippen molar-refractivity contribution in [2.75, 3.05) is 6.61 Å². The topological polar surface area (TPSA) is 127 Å². The van der Waals surface area contributed by atoms with Gasteiger partial charge in [0.1, 0.15) is 22.0 Å². The Balaban J connectivity index is 2.10. The average molecular weight is 471 g/mol. The van der Waals surface area contributed by atoms with Crippen LogP contribution >= 0.6 is 11.3 Å². The predicted octanol–water partition coefficient (Wildman–Crippen LogP) is 1.51. The van der Waals surface area contributed by atoms with Gasteiger partial charge in [-0.25, -0.2) is 9.59 Å². The van der Waals surface area contributed by atoms with Crippen LogP contribution in [-0.4, -0.2) is 29.2 Å².